The summed E-state index contributed by atoms with van der Waals surface area (Å²) in [6, 6.07) is 24.6. The van der Waals surface area contributed by atoms with Crippen molar-refractivity contribution in [3.63, 3.8) is 0 Å². The van der Waals surface area contributed by atoms with E-state index in [1.807, 2.05) is 60.4 Å². The number of carbonyl (C=O) groups is 3. The van der Waals surface area contributed by atoms with Crippen molar-refractivity contribution in [2.24, 2.45) is 5.92 Å². The summed E-state index contributed by atoms with van der Waals surface area (Å²) in [5.74, 6) is 0.721. The number of rotatable bonds is 8. The average Bonchev–Trinajstić information content (AvgIpc) is 3.59. The van der Waals surface area contributed by atoms with Crippen molar-refractivity contribution in [1.29, 1.82) is 0 Å². The van der Waals surface area contributed by atoms with Gasteiger partial charge in [0.1, 0.15) is 5.82 Å². The number of nitrogens with zero attached hydrogens (tertiary/aromatic N) is 3. The highest BCUT2D eigenvalue weighted by molar-refractivity contribution is 5.99. The lowest BCUT2D eigenvalue weighted by Gasteiger charge is -2.39. The maximum absolute atomic E-state index is 13.2. The van der Waals surface area contributed by atoms with Crippen LogP contribution in [-0.4, -0.2) is 51.2 Å². The maximum Gasteiger partial charge on any atom is 0.324 e. The predicted octanol–water partition coefficient (Wildman–Crippen LogP) is 6.45. The van der Waals surface area contributed by atoms with E-state index in [9.17, 15) is 14.4 Å². The van der Waals surface area contributed by atoms with Crippen LogP contribution in [0.15, 0.2) is 78.9 Å². The number of hydrogen-bond acceptors (Lipinski definition) is 5. The van der Waals surface area contributed by atoms with E-state index < -0.39 is 0 Å². The van der Waals surface area contributed by atoms with Crippen molar-refractivity contribution in [2.75, 3.05) is 22.9 Å². The number of hydrogen-bond donors (Lipinski definition) is 4. The largest absolute Gasteiger partial charge is 0.399 e. The third-order valence-electron chi connectivity index (χ3n) is 9.40. The summed E-state index contributed by atoms with van der Waals surface area (Å²) in [7, 11) is 0. The van der Waals surface area contributed by atoms with E-state index in [-0.39, 0.29) is 41.9 Å². The van der Waals surface area contributed by atoms with Gasteiger partial charge in [-0.1, -0.05) is 50.6 Å². The van der Waals surface area contributed by atoms with Gasteiger partial charge in [-0.2, -0.15) is 5.10 Å². The third-order valence-corrected chi connectivity index (χ3v) is 9.40. The second-order valence-corrected chi connectivity index (χ2v) is 14.2. The number of aromatic nitrogens is 2. The zero-order chi connectivity index (χ0) is 34.0. The minimum atomic E-state index is -0.339. The third kappa shape index (κ3) is 7.54. The molecule has 48 heavy (non-hydrogen) atoms. The summed E-state index contributed by atoms with van der Waals surface area (Å²) >= 11 is 0. The number of carbonyl (C=O) groups excluding carboxylic acids is 3. The molecule has 2 atom stereocenters. The Labute approximate surface area is 282 Å². The molecule has 2 fully saturated rings. The SMILES string of the molecule is Cc1ccc(-n2nc(C(C)(C)C)cc2NC(=O)Nc2cccc(CC3CC4CCC(C3)N4C(=O)CNC(=O)c3ccc(N)cc3)c2)cc1. The van der Waals surface area contributed by atoms with E-state index in [0.29, 0.717) is 23.0 Å². The number of anilines is 3. The van der Waals surface area contributed by atoms with Crippen LogP contribution >= 0.6 is 0 Å². The van der Waals surface area contributed by atoms with Gasteiger partial charge in [0, 0.05) is 40.5 Å². The van der Waals surface area contributed by atoms with E-state index in [0.717, 1.165) is 60.3 Å². The lowest BCUT2D eigenvalue weighted by molar-refractivity contribution is -0.135. The molecule has 2 aliphatic rings. The molecule has 4 aromatic rings. The fourth-order valence-corrected chi connectivity index (χ4v) is 6.95. The molecule has 6 rings (SSSR count). The van der Waals surface area contributed by atoms with Gasteiger partial charge in [-0.15, -0.1) is 0 Å². The summed E-state index contributed by atoms with van der Waals surface area (Å²) in [5.41, 5.74) is 11.4. The van der Waals surface area contributed by atoms with Crippen LogP contribution in [0.2, 0.25) is 0 Å². The van der Waals surface area contributed by atoms with Gasteiger partial charge in [0.25, 0.3) is 5.91 Å². The number of piperidine rings is 1. The first-order chi connectivity index (χ1) is 22.9. The molecule has 250 valence electrons. The highest BCUT2D eigenvalue weighted by Crippen LogP contribution is 2.40. The molecule has 2 bridgehead atoms. The molecule has 3 aromatic carbocycles. The number of fused-ring (bicyclic) bond motifs is 2. The molecule has 1 aromatic heterocycles. The molecule has 0 aliphatic carbocycles. The van der Waals surface area contributed by atoms with Gasteiger partial charge in [-0.05, 0) is 99.0 Å². The molecule has 10 nitrogen and oxygen atoms in total. The Balaban J connectivity index is 1.05. The van der Waals surface area contributed by atoms with Gasteiger partial charge in [-0.25, -0.2) is 9.48 Å². The normalized spacial score (nSPS) is 18.8. The Bertz CT molecular complexity index is 1780. The number of nitrogen functional groups attached to an aromatic ring is 1. The predicted molar refractivity (Wildman–Crippen MR) is 189 cm³/mol. The smallest absolute Gasteiger partial charge is 0.324 e. The molecule has 5 N–H and O–H groups in total. The van der Waals surface area contributed by atoms with Crippen LogP contribution in [0.1, 0.15) is 73.6 Å². The first-order valence-electron chi connectivity index (χ1n) is 16.7. The Hall–Kier alpha value is -5.12. The van der Waals surface area contributed by atoms with Gasteiger partial charge < -0.3 is 21.3 Å². The van der Waals surface area contributed by atoms with Gasteiger partial charge in [0.15, 0.2) is 0 Å². The fourth-order valence-electron chi connectivity index (χ4n) is 6.95. The van der Waals surface area contributed by atoms with Crippen molar-refractivity contribution in [3.8, 4) is 5.69 Å². The summed E-state index contributed by atoms with van der Waals surface area (Å²) in [6.45, 7) is 8.32. The second kappa shape index (κ2) is 13.5. The van der Waals surface area contributed by atoms with E-state index >= 15 is 0 Å². The van der Waals surface area contributed by atoms with Crippen molar-refractivity contribution in [2.45, 2.75) is 77.3 Å². The molecule has 0 saturated carbocycles. The van der Waals surface area contributed by atoms with Crippen LogP contribution in [-0.2, 0) is 16.6 Å². The maximum atomic E-state index is 13.2. The van der Waals surface area contributed by atoms with Crippen LogP contribution in [0.3, 0.4) is 0 Å². The number of urea groups is 1. The average molecular weight is 648 g/mol. The molecular formula is C38H45N7O3. The van der Waals surface area contributed by atoms with Crippen LogP contribution in [0, 0.1) is 12.8 Å². The van der Waals surface area contributed by atoms with E-state index in [1.54, 1.807) is 28.9 Å². The van der Waals surface area contributed by atoms with Gasteiger partial charge in [-0.3, -0.25) is 14.9 Å². The van der Waals surface area contributed by atoms with E-state index in [4.69, 9.17) is 10.8 Å². The topological polar surface area (TPSA) is 134 Å². The van der Waals surface area contributed by atoms with E-state index in [2.05, 4.69) is 42.8 Å². The minimum Gasteiger partial charge on any atom is -0.399 e. The van der Waals surface area contributed by atoms with Gasteiger partial charge in [0.2, 0.25) is 5.91 Å². The van der Waals surface area contributed by atoms with Crippen molar-refractivity contribution >= 4 is 35.0 Å². The minimum absolute atomic E-state index is 0.0139. The molecule has 0 spiro atoms. The summed E-state index contributed by atoms with van der Waals surface area (Å²) in [6.07, 6.45) is 4.68. The molecule has 2 saturated heterocycles. The first-order valence-corrected chi connectivity index (χ1v) is 16.7. The molecule has 4 amide bonds. The van der Waals surface area contributed by atoms with Crippen LogP contribution < -0.4 is 21.7 Å². The zero-order valence-corrected chi connectivity index (χ0v) is 28.1. The first kappa shape index (κ1) is 32.8. The molecule has 2 unspecified atom stereocenters. The number of nitrogens with two attached hydrogens (primary N) is 1. The molecular weight excluding hydrogens is 602 g/mol. The highest BCUT2D eigenvalue weighted by Gasteiger charge is 2.42. The van der Waals surface area contributed by atoms with Crippen molar-refractivity contribution in [1.82, 2.24) is 20.0 Å². The monoisotopic (exact) mass is 647 g/mol. The number of aryl methyl sites for hydroxylation is 1. The lowest BCUT2D eigenvalue weighted by atomic mass is 9.85. The second-order valence-electron chi connectivity index (χ2n) is 14.2. The highest BCUT2D eigenvalue weighted by atomic mass is 16.2. The Morgan fingerprint density at radius 2 is 1.58 bits per heavy atom. The van der Waals surface area contributed by atoms with E-state index in [1.165, 1.54) is 0 Å². The molecule has 0 radical (unpaired) electrons. The molecule has 3 heterocycles. The summed E-state index contributed by atoms with van der Waals surface area (Å²) in [5, 5.41) is 13.6. The van der Waals surface area contributed by atoms with Crippen molar-refractivity contribution in [3.05, 3.63) is 101 Å². The molecule has 10 heteroatoms. The fraction of sp³-hybridized carbons (Fsp3) is 0.368. The summed E-state index contributed by atoms with van der Waals surface area (Å²) < 4.78 is 1.77. The standard InChI is InChI=1S/C38H45N7O3/c1-24-8-14-30(15-9-24)45-34(22-33(43-45)38(2,3)4)42-37(48)41-29-7-5-6-25(19-29)18-26-20-31-16-17-32(21-26)44(31)35(46)23-40-36(47)27-10-12-28(39)13-11-27/h5-15,19,22,26,31-32H,16-18,20-21,23,39H2,1-4H3,(H,40,47)(H2,41,42,48). The number of nitrogens with one attached hydrogen (secondary N) is 3. The zero-order valence-electron chi connectivity index (χ0n) is 28.1. The van der Waals surface area contributed by atoms with Gasteiger partial charge >= 0.3 is 6.03 Å². The lowest BCUT2D eigenvalue weighted by Crippen LogP contribution is -2.50. The number of benzene rings is 3. The van der Waals surface area contributed by atoms with Crippen LogP contribution in [0.25, 0.3) is 5.69 Å². The molecule has 2 aliphatic heterocycles. The Morgan fingerprint density at radius 1 is 0.896 bits per heavy atom. The quantitative estimate of drug-likeness (QED) is 0.163. The Kier molecular flexibility index (Phi) is 9.26. The van der Waals surface area contributed by atoms with Gasteiger partial charge in [0.05, 0.1) is 17.9 Å². The Morgan fingerprint density at radius 3 is 2.25 bits per heavy atom. The number of amides is 4. The van der Waals surface area contributed by atoms with Crippen LogP contribution in [0.5, 0.6) is 0 Å². The van der Waals surface area contributed by atoms with Crippen LogP contribution in [0.4, 0.5) is 22.0 Å². The summed E-state index contributed by atoms with van der Waals surface area (Å²) in [4.78, 5) is 41.0. The van der Waals surface area contributed by atoms with Crippen molar-refractivity contribution < 1.29 is 14.4 Å².